The quantitative estimate of drug-likeness (QED) is 0.810. The van der Waals surface area contributed by atoms with Crippen molar-refractivity contribution < 1.29 is 23.6 Å². The van der Waals surface area contributed by atoms with Gasteiger partial charge in [-0.05, 0) is 36.8 Å². The number of halogens is 1. The van der Waals surface area contributed by atoms with Gasteiger partial charge in [-0.15, -0.1) is 0 Å². The molecule has 2 aromatic carbocycles. The van der Waals surface area contributed by atoms with Gasteiger partial charge in [-0.3, -0.25) is 9.59 Å². The van der Waals surface area contributed by atoms with Crippen molar-refractivity contribution in [3.05, 3.63) is 59.4 Å². The standard InChI is InChI=1S/C23H26FN3O3/c1-30-21-9-8-17(15-19(21)24)16-25-11-13-26(14-12-25)23(29)18-5-2-3-6-20(18)27-10-4-7-22(27)28/h2-3,5-6,8-9,15H,4,7,10-14,16H2,1H3/p+1. The van der Waals surface area contributed by atoms with Gasteiger partial charge in [0, 0.05) is 18.5 Å². The summed E-state index contributed by atoms with van der Waals surface area (Å²) in [7, 11) is 1.46. The van der Waals surface area contributed by atoms with Crippen molar-refractivity contribution in [3.63, 3.8) is 0 Å². The molecule has 30 heavy (non-hydrogen) atoms. The van der Waals surface area contributed by atoms with Crippen molar-refractivity contribution in [3.8, 4) is 5.75 Å². The Morgan fingerprint density at radius 1 is 1.13 bits per heavy atom. The van der Waals surface area contributed by atoms with E-state index in [0.717, 1.165) is 25.1 Å². The van der Waals surface area contributed by atoms with Crippen molar-refractivity contribution in [1.82, 2.24) is 4.90 Å². The molecule has 2 amide bonds. The van der Waals surface area contributed by atoms with Crippen LogP contribution in [0.3, 0.4) is 0 Å². The third kappa shape index (κ3) is 4.16. The molecule has 158 valence electrons. The fourth-order valence-corrected chi connectivity index (χ4v) is 4.27. The molecule has 2 fully saturated rings. The molecule has 0 radical (unpaired) electrons. The Kier molecular flexibility index (Phi) is 5.99. The number of nitrogens with one attached hydrogen (secondary N) is 1. The summed E-state index contributed by atoms with van der Waals surface area (Å²) in [6, 6.07) is 12.4. The molecule has 0 atom stereocenters. The second-order valence-corrected chi connectivity index (χ2v) is 7.85. The Morgan fingerprint density at radius 2 is 1.90 bits per heavy atom. The lowest BCUT2D eigenvalue weighted by Crippen LogP contribution is -3.13. The minimum Gasteiger partial charge on any atom is -0.494 e. The van der Waals surface area contributed by atoms with E-state index in [1.54, 1.807) is 11.0 Å². The van der Waals surface area contributed by atoms with Crippen molar-refractivity contribution in [2.45, 2.75) is 19.4 Å². The first-order chi connectivity index (χ1) is 14.6. The van der Waals surface area contributed by atoms with Crippen molar-refractivity contribution in [2.75, 3.05) is 44.7 Å². The van der Waals surface area contributed by atoms with E-state index in [4.69, 9.17) is 4.74 Å². The topological polar surface area (TPSA) is 54.3 Å². The first kappa shape index (κ1) is 20.3. The van der Waals surface area contributed by atoms with Crippen LogP contribution in [0.5, 0.6) is 5.75 Å². The van der Waals surface area contributed by atoms with Crippen molar-refractivity contribution in [2.24, 2.45) is 0 Å². The predicted molar refractivity (Wildman–Crippen MR) is 111 cm³/mol. The monoisotopic (exact) mass is 412 g/mol. The van der Waals surface area contributed by atoms with Gasteiger partial charge < -0.3 is 19.4 Å². The van der Waals surface area contributed by atoms with Crippen LogP contribution in [0.2, 0.25) is 0 Å². The molecule has 0 bridgehead atoms. The number of quaternary nitrogens is 1. The van der Waals surface area contributed by atoms with Gasteiger partial charge in [0.2, 0.25) is 5.91 Å². The Morgan fingerprint density at radius 3 is 2.57 bits per heavy atom. The molecule has 7 heteroatoms. The highest BCUT2D eigenvalue weighted by atomic mass is 19.1. The van der Waals surface area contributed by atoms with Crippen LogP contribution >= 0.6 is 0 Å². The maximum absolute atomic E-state index is 13.9. The van der Waals surface area contributed by atoms with Gasteiger partial charge in [-0.1, -0.05) is 12.1 Å². The lowest BCUT2D eigenvalue weighted by atomic mass is 10.1. The molecule has 0 saturated carbocycles. The number of carbonyl (C=O) groups is 2. The zero-order valence-corrected chi connectivity index (χ0v) is 17.2. The van der Waals surface area contributed by atoms with E-state index >= 15 is 0 Å². The highest BCUT2D eigenvalue weighted by Gasteiger charge is 2.30. The highest BCUT2D eigenvalue weighted by Crippen LogP contribution is 2.26. The summed E-state index contributed by atoms with van der Waals surface area (Å²) in [5.41, 5.74) is 2.22. The first-order valence-corrected chi connectivity index (χ1v) is 10.4. The third-order valence-electron chi connectivity index (χ3n) is 5.93. The van der Waals surface area contributed by atoms with Crippen LogP contribution in [-0.2, 0) is 11.3 Å². The van der Waals surface area contributed by atoms with Crippen LogP contribution in [0, 0.1) is 5.82 Å². The van der Waals surface area contributed by atoms with E-state index in [9.17, 15) is 14.0 Å². The van der Waals surface area contributed by atoms with Crippen molar-refractivity contribution in [1.29, 1.82) is 0 Å². The largest absolute Gasteiger partial charge is 0.494 e. The number of benzene rings is 2. The number of para-hydroxylation sites is 1. The summed E-state index contributed by atoms with van der Waals surface area (Å²) in [6.45, 7) is 4.24. The van der Waals surface area contributed by atoms with E-state index < -0.39 is 0 Å². The minimum atomic E-state index is -0.351. The van der Waals surface area contributed by atoms with Crippen LogP contribution < -0.4 is 14.5 Å². The minimum absolute atomic E-state index is 0.0279. The molecule has 0 spiro atoms. The molecule has 0 aromatic heterocycles. The molecule has 0 unspecified atom stereocenters. The molecule has 2 saturated heterocycles. The fourth-order valence-electron chi connectivity index (χ4n) is 4.27. The molecule has 6 nitrogen and oxygen atoms in total. The zero-order valence-electron chi connectivity index (χ0n) is 17.2. The maximum atomic E-state index is 13.9. The van der Waals surface area contributed by atoms with Crippen LogP contribution in [0.1, 0.15) is 28.8 Å². The summed E-state index contributed by atoms with van der Waals surface area (Å²) in [5.74, 6) is -0.0494. The summed E-state index contributed by atoms with van der Waals surface area (Å²) < 4.78 is 18.9. The second kappa shape index (κ2) is 8.83. The van der Waals surface area contributed by atoms with Crippen LogP contribution in [0.4, 0.5) is 10.1 Å². The molecule has 2 aliphatic heterocycles. The summed E-state index contributed by atoms with van der Waals surface area (Å²) in [5, 5.41) is 0. The number of methoxy groups -OCH3 is 1. The fraction of sp³-hybridized carbons (Fsp3) is 0.391. The number of hydrogen-bond donors (Lipinski definition) is 1. The number of nitrogens with zero attached hydrogens (tertiary/aromatic N) is 2. The Labute approximate surface area is 175 Å². The van der Waals surface area contributed by atoms with Crippen LogP contribution in [0.15, 0.2) is 42.5 Å². The molecule has 0 aliphatic carbocycles. The van der Waals surface area contributed by atoms with Gasteiger partial charge >= 0.3 is 0 Å². The Bertz CT molecular complexity index is 941. The average Bonchev–Trinajstić information content (AvgIpc) is 3.19. The summed E-state index contributed by atoms with van der Waals surface area (Å²) in [4.78, 5) is 30.2. The zero-order chi connectivity index (χ0) is 21.1. The summed E-state index contributed by atoms with van der Waals surface area (Å²) >= 11 is 0. The van der Waals surface area contributed by atoms with Crippen LogP contribution in [0.25, 0.3) is 0 Å². The average molecular weight is 412 g/mol. The molecule has 2 aliphatic rings. The van der Waals surface area contributed by atoms with Crippen molar-refractivity contribution >= 4 is 17.5 Å². The smallest absolute Gasteiger partial charge is 0.256 e. The van der Waals surface area contributed by atoms with Crippen LogP contribution in [-0.4, -0.2) is 56.5 Å². The highest BCUT2D eigenvalue weighted by molar-refractivity contribution is 6.05. The lowest BCUT2D eigenvalue weighted by molar-refractivity contribution is -0.917. The Hall–Kier alpha value is -2.93. The van der Waals surface area contributed by atoms with Gasteiger partial charge in [-0.2, -0.15) is 0 Å². The molecule has 2 aromatic rings. The Balaban J connectivity index is 1.39. The maximum Gasteiger partial charge on any atom is 0.256 e. The molecular weight excluding hydrogens is 385 g/mol. The number of anilines is 1. The number of hydrogen-bond acceptors (Lipinski definition) is 3. The lowest BCUT2D eigenvalue weighted by Gasteiger charge is -2.33. The van der Waals surface area contributed by atoms with E-state index in [2.05, 4.69) is 0 Å². The number of rotatable bonds is 5. The number of ether oxygens (including phenoxy) is 1. The molecular formula is C23H27FN3O3+. The normalized spacial score (nSPS) is 17.5. The SMILES string of the molecule is COc1ccc(C[NH+]2CCN(C(=O)c3ccccc3N3CCCC3=O)CC2)cc1F. The molecule has 1 N–H and O–H groups in total. The predicted octanol–water partition coefficient (Wildman–Crippen LogP) is 1.50. The van der Waals surface area contributed by atoms with Gasteiger partial charge in [0.25, 0.3) is 5.91 Å². The van der Waals surface area contributed by atoms with Gasteiger partial charge in [-0.25, -0.2) is 4.39 Å². The number of carbonyl (C=O) groups excluding carboxylic acids is 2. The molecule has 2 heterocycles. The molecule has 4 rings (SSSR count). The second-order valence-electron chi connectivity index (χ2n) is 7.85. The van der Waals surface area contributed by atoms with E-state index in [1.165, 1.54) is 18.1 Å². The van der Waals surface area contributed by atoms with Gasteiger partial charge in [0.15, 0.2) is 11.6 Å². The third-order valence-corrected chi connectivity index (χ3v) is 5.93. The van der Waals surface area contributed by atoms with E-state index in [-0.39, 0.29) is 23.4 Å². The summed E-state index contributed by atoms with van der Waals surface area (Å²) in [6.07, 6.45) is 1.37. The van der Waals surface area contributed by atoms with E-state index in [0.29, 0.717) is 43.9 Å². The van der Waals surface area contributed by atoms with E-state index in [1.807, 2.05) is 35.2 Å². The number of piperazine rings is 1. The van der Waals surface area contributed by atoms with Gasteiger partial charge in [0.1, 0.15) is 6.54 Å². The number of amides is 2. The van der Waals surface area contributed by atoms with Gasteiger partial charge in [0.05, 0.1) is 44.5 Å². The first-order valence-electron chi connectivity index (χ1n) is 10.4.